The van der Waals surface area contributed by atoms with Crippen LogP contribution in [0.15, 0.2) is 152 Å². The maximum atomic E-state index is 6.82. The Morgan fingerprint density at radius 3 is 1.96 bits per heavy atom. The number of rotatable bonds is 6. The first kappa shape index (κ1) is 32.6. The molecule has 0 saturated heterocycles. The molecule has 0 fully saturated rings. The summed E-state index contributed by atoms with van der Waals surface area (Å²) >= 11 is 0. The maximum absolute atomic E-state index is 6.82. The van der Waals surface area contributed by atoms with Crippen molar-refractivity contribution < 1.29 is 4.74 Å². The molecule has 5 aromatic carbocycles. The highest BCUT2D eigenvalue weighted by Gasteiger charge is 2.47. The van der Waals surface area contributed by atoms with Crippen LogP contribution in [0.4, 0.5) is 0 Å². The zero-order valence-corrected chi connectivity index (χ0v) is 31.7. The van der Waals surface area contributed by atoms with Gasteiger partial charge in [-0.3, -0.25) is 8.97 Å². The van der Waals surface area contributed by atoms with Gasteiger partial charge in [-0.1, -0.05) is 113 Å². The van der Waals surface area contributed by atoms with Gasteiger partial charge in [0.15, 0.2) is 0 Å². The standard InChI is InChI=1S/C50H39N5O/c1-30(2)50(31(3)4)41-20-11-18-38-37-25-23-35(29-43(37)54(46(38)41)49-42(50)21-13-27-52-49)56-34-22-24-36-39-19-12-26-51-47(39)55-45(33-16-9-6-10-17-33)44(32-14-7-5-8-15-32)53-48(55)40(36)28-34/h5-31H,1-4H3. The lowest BCUT2D eigenvalue weighted by atomic mass is 9.59. The first-order valence-electron chi connectivity index (χ1n) is 19.5. The van der Waals surface area contributed by atoms with Gasteiger partial charge in [0.05, 0.1) is 22.4 Å². The Kier molecular flexibility index (Phi) is 7.05. The van der Waals surface area contributed by atoms with Crippen LogP contribution in [-0.4, -0.2) is 23.9 Å². The van der Waals surface area contributed by atoms with Crippen molar-refractivity contribution >= 4 is 49.3 Å². The van der Waals surface area contributed by atoms with E-state index in [1.54, 1.807) is 0 Å². The summed E-state index contributed by atoms with van der Waals surface area (Å²) in [5.41, 5.74) is 10.5. The molecule has 6 nitrogen and oxygen atoms in total. The number of para-hydroxylation sites is 1. The molecule has 5 aromatic heterocycles. The van der Waals surface area contributed by atoms with Gasteiger partial charge >= 0.3 is 0 Å². The van der Waals surface area contributed by atoms with E-state index in [1.165, 1.54) is 27.4 Å². The van der Waals surface area contributed by atoms with Crippen molar-refractivity contribution in [2.75, 3.05) is 0 Å². The van der Waals surface area contributed by atoms with Crippen LogP contribution in [0.25, 0.3) is 77.6 Å². The number of aromatic nitrogens is 5. The van der Waals surface area contributed by atoms with Gasteiger partial charge < -0.3 is 4.74 Å². The van der Waals surface area contributed by atoms with Crippen LogP contribution in [0.5, 0.6) is 11.5 Å². The second-order valence-electron chi connectivity index (χ2n) is 15.7. The minimum absolute atomic E-state index is 0.170. The quantitative estimate of drug-likeness (QED) is 0.160. The molecule has 1 aliphatic rings. The van der Waals surface area contributed by atoms with Crippen molar-refractivity contribution in [1.29, 1.82) is 0 Å². The predicted molar refractivity (Wildman–Crippen MR) is 228 cm³/mol. The molecule has 0 aliphatic carbocycles. The Bertz CT molecular complexity index is 3170. The molecular weight excluding hydrogens is 687 g/mol. The van der Waals surface area contributed by atoms with Crippen molar-refractivity contribution in [2.45, 2.75) is 33.1 Å². The normalized spacial score (nSPS) is 13.5. The number of benzene rings is 5. The fraction of sp³-hybridized carbons (Fsp3) is 0.140. The molecule has 0 saturated carbocycles. The lowest BCUT2D eigenvalue weighted by Crippen LogP contribution is -2.42. The fourth-order valence-electron chi connectivity index (χ4n) is 10.0. The summed E-state index contributed by atoms with van der Waals surface area (Å²) in [7, 11) is 0. The SMILES string of the molecule is CC(C)C1(C(C)C)c2cccnc2-n2c3cc(Oc4ccc5c6cccnc6n6c(-c7ccccc7)c(-c7ccccc7)nc6c5c4)ccc3c3cccc1c32. The number of hydrogen-bond acceptors (Lipinski definition) is 4. The Morgan fingerprint density at radius 2 is 1.20 bits per heavy atom. The molecule has 0 N–H and O–H groups in total. The molecule has 1 aliphatic heterocycles. The molecule has 6 heteroatoms. The molecule has 0 atom stereocenters. The molecule has 0 amide bonds. The van der Waals surface area contributed by atoms with Gasteiger partial charge in [0.25, 0.3) is 0 Å². The van der Waals surface area contributed by atoms with Crippen LogP contribution in [-0.2, 0) is 5.41 Å². The van der Waals surface area contributed by atoms with Crippen LogP contribution < -0.4 is 4.74 Å². The molecule has 6 heterocycles. The van der Waals surface area contributed by atoms with Crippen LogP contribution in [0.3, 0.4) is 0 Å². The number of nitrogens with zero attached hydrogens (tertiary/aromatic N) is 5. The maximum Gasteiger partial charge on any atom is 0.147 e. The van der Waals surface area contributed by atoms with Crippen LogP contribution in [0.1, 0.15) is 38.8 Å². The third-order valence-corrected chi connectivity index (χ3v) is 12.2. The van der Waals surface area contributed by atoms with Crippen LogP contribution in [0, 0.1) is 11.8 Å². The highest BCUT2D eigenvalue weighted by Crippen LogP contribution is 2.54. The van der Waals surface area contributed by atoms with Crippen LogP contribution >= 0.6 is 0 Å². The average molecular weight is 726 g/mol. The summed E-state index contributed by atoms with van der Waals surface area (Å²) in [5.74, 6) is 3.24. The van der Waals surface area contributed by atoms with E-state index >= 15 is 0 Å². The van der Waals surface area contributed by atoms with Gasteiger partial charge in [-0.25, -0.2) is 15.0 Å². The second-order valence-corrected chi connectivity index (χ2v) is 15.7. The summed E-state index contributed by atoms with van der Waals surface area (Å²) in [6.07, 6.45) is 3.78. The topological polar surface area (TPSA) is 57.2 Å². The van der Waals surface area contributed by atoms with Gasteiger partial charge in [-0.2, -0.15) is 0 Å². The zero-order chi connectivity index (χ0) is 37.7. The van der Waals surface area contributed by atoms with Crippen molar-refractivity contribution in [3.05, 3.63) is 163 Å². The third kappa shape index (κ3) is 4.41. The highest BCUT2D eigenvalue weighted by molar-refractivity contribution is 6.13. The number of imidazole rings is 1. The monoisotopic (exact) mass is 725 g/mol. The first-order chi connectivity index (χ1) is 27.4. The van der Waals surface area contributed by atoms with Gasteiger partial charge in [-0.05, 0) is 71.3 Å². The number of pyridine rings is 3. The van der Waals surface area contributed by atoms with Gasteiger partial charge in [0, 0.05) is 62.1 Å². The van der Waals surface area contributed by atoms with E-state index in [0.29, 0.717) is 11.8 Å². The predicted octanol–water partition coefficient (Wildman–Crippen LogP) is 12.6. The summed E-state index contributed by atoms with van der Waals surface area (Å²) in [4.78, 5) is 15.4. The largest absolute Gasteiger partial charge is 0.457 e. The summed E-state index contributed by atoms with van der Waals surface area (Å²) < 4.78 is 11.4. The van der Waals surface area contributed by atoms with Crippen molar-refractivity contribution in [3.8, 4) is 39.8 Å². The van der Waals surface area contributed by atoms with Crippen molar-refractivity contribution in [1.82, 2.24) is 23.9 Å². The molecule has 0 spiro atoms. The summed E-state index contributed by atoms with van der Waals surface area (Å²) in [5, 5.41) is 5.55. The van der Waals surface area contributed by atoms with Gasteiger partial charge in [0.1, 0.15) is 28.6 Å². The van der Waals surface area contributed by atoms with E-state index in [1.807, 2.05) is 30.6 Å². The molecule has 0 unspecified atom stereocenters. The Morgan fingerprint density at radius 1 is 0.536 bits per heavy atom. The van der Waals surface area contributed by atoms with Crippen molar-refractivity contribution in [2.24, 2.45) is 11.8 Å². The minimum atomic E-state index is -0.170. The summed E-state index contributed by atoms with van der Waals surface area (Å²) in [6, 6.07) is 49.0. The lowest BCUT2D eigenvalue weighted by molar-refractivity contribution is 0.271. The second kappa shape index (κ2) is 12.1. The van der Waals surface area contributed by atoms with E-state index in [4.69, 9.17) is 19.7 Å². The molecular formula is C50H39N5O. The molecule has 0 bridgehead atoms. The Balaban J connectivity index is 1.12. The van der Waals surface area contributed by atoms with Crippen molar-refractivity contribution in [3.63, 3.8) is 0 Å². The molecule has 0 radical (unpaired) electrons. The number of hydrogen-bond donors (Lipinski definition) is 0. The molecule has 10 aromatic rings. The Labute approximate surface area is 324 Å². The van der Waals surface area contributed by atoms with E-state index in [2.05, 4.69) is 158 Å². The first-order valence-corrected chi connectivity index (χ1v) is 19.5. The number of fused-ring (bicyclic) bond motifs is 11. The van der Waals surface area contributed by atoms with E-state index < -0.39 is 0 Å². The molecule has 11 rings (SSSR count). The zero-order valence-electron chi connectivity index (χ0n) is 31.7. The highest BCUT2D eigenvalue weighted by atomic mass is 16.5. The smallest absolute Gasteiger partial charge is 0.147 e. The van der Waals surface area contributed by atoms with Crippen LogP contribution in [0.2, 0.25) is 0 Å². The van der Waals surface area contributed by atoms with Gasteiger partial charge in [0.2, 0.25) is 0 Å². The lowest BCUT2D eigenvalue weighted by Gasteiger charge is -2.46. The molecule has 56 heavy (non-hydrogen) atoms. The third-order valence-electron chi connectivity index (χ3n) is 12.2. The summed E-state index contributed by atoms with van der Waals surface area (Å²) in [6.45, 7) is 9.41. The van der Waals surface area contributed by atoms with E-state index in [0.717, 1.165) is 72.8 Å². The average Bonchev–Trinajstić information content (AvgIpc) is 3.80. The minimum Gasteiger partial charge on any atom is -0.457 e. The van der Waals surface area contributed by atoms with E-state index in [9.17, 15) is 0 Å². The fourth-order valence-corrected chi connectivity index (χ4v) is 10.0. The van der Waals surface area contributed by atoms with E-state index in [-0.39, 0.29) is 5.41 Å². The number of ether oxygens (including phenoxy) is 1. The molecule has 270 valence electrons. The Hall–Kier alpha value is -6.79. The van der Waals surface area contributed by atoms with Gasteiger partial charge in [-0.15, -0.1) is 0 Å².